The maximum Gasteiger partial charge on any atom is 0.293 e. The lowest BCUT2D eigenvalue weighted by Crippen LogP contribution is -2.04. The number of nitrogens with zero attached hydrogens (tertiary/aromatic N) is 1. The molecule has 0 radical (unpaired) electrons. The third kappa shape index (κ3) is 5.01. The molecule has 100 valence electrons. The lowest BCUT2D eigenvalue weighted by molar-refractivity contribution is -0.384. The molecule has 0 heterocycles. The molecule has 0 atom stereocenters. The number of nitro benzene ring substituents is 1. The van der Waals surface area contributed by atoms with E-state index in [4.69, 9.17) is 5.11 Å². The Morgan fingerprint density at radius 1 is 1.28 bits per heavy atom. The zero-order valence-corrected chi connectivity index (χ0v) is 11.6. The zero-order valence-electron chi connectivity index (χ0n) is 10.1. The number of halogens is 1. The van der Waals surface area contributed by atoms with Crippen molar-refractivity contribution in [2.75, 3.05) is 18.5 Å². The molecular formula is C12H17BrN2O3. The van der Waals surface area contributed by atoms with E-state index in [9.17, 15) is 10.1 Å². The number of hydrogen-bond donors (Lipinski definition) is 2. The van der Waals surface area contributed by atoms with Crippen LogP contribution in [-0.4, -0.2) is 23.2 Å². The topological polar surface area (TPSA) is 75.4 Å². The summed E-state index contributed by atoms with van der Waals surface area (Å²) in [7, 11) is 0. The van der Waals surface area contributed by atoms with Crippen LogP contribution >= 0.6 is 15.9 Å². The van der Waals surface area contributed by atoms with Crippen LogP contribution in [0.1, 0.15) is 25.7 Å². The minimum Gasteiger partial charge on any atom is -0.396 e. The van der Waals surface area contributed by atoms with Crippen LogP contribution in [0.2, 0.25) is 0 Å². The van der Waals surface area contributed by atoms with Crippen molar-refractivity contribution in [1.29, 1.82) is 0 Å². The summed E-state index contributed by atoms with van der Waals surface area (Å²) in [5.74, 6) is 0. The Morgan fingerprint density at radius 2 is 2.00 bits per heavy atom. The lowest BCUT2D eigenvalue weighted by atomic mass is 10.2. The molecule has 0 bridgehead atoms. The van der Waals surface area contributed by atoms with Crippen LogP contribution in [0.4, 0.5) is 11.4 Å². The highest BCUT2D eigenvalue weighted by atomic mass is 79.9. The van der Waals surface area contributed by atoms with Crippen molar-refractivity contribution in [3.05, 3.63) is 32.8 Å². The Hall–Kier alpha value is -1.14. The van der Waals surface area contributed by atoms with Gasteiger partial charge in [-0.25, -0.2) is 0 Å². The van der Waals surface area contributed by atoms with E-state index in [0.717, 1.165) is 25.7 Å². The van der Waals surface area contributed by atoms with Crippen molar-refractivity contribution >= 4 is 27.3 Å². The zero-order chi connectivity index (χ0) is 13.4. The van der Waals surface area contributed by atoms with Gasteiger partial charge in [0.1, 0.15) is 5.69 Å². The summed E-state index contributed by atoms with van der Waals surface area (Å²) in [5.41, 5.74) is 0.630. The van der Waals surface area contributed by atoms with Gasteiger partial charge in [-0.2, -0.15) is 0 Å². The molecule has 0 aliphatic heterocycles. The predicted octanol–water partition coefficient (Wildman–Crippen LogP) is 3.32. The molecule has 0 spiro atoms. The van der Waals surface area contributed by atoms with Gasteiger partial charge in [0.2, 0.25) is 0 Å². The summed E-state index contributed by atoms with van der Waals surface area (Å²) in [6.45, 7) is 0.930. The van der Waals surface area contributed by atoms with Crippen LogP contribution in [0.25, 0.3) is 0 Å². The van der Waals surface area contributed by atoms with Gasteiger partial charge in [-0.1, -0.05) is 28.8 Å². The number of nitrogens with one attached hydrogen (secondary N) is 1. The number of aliphatic hydroxyl groups excluding tert-OH is 1. The van der Waals surface area contributed by atoms with Gasteiger partial charge in [-0.05, 0) is 25.0 Å². The van der Waals surface area contributed by atoms with Crippen molar-refractivity contribution in [3.8, 4) is 0 Å². The quantitative estimate of drug-likeness (QED) is 0.438. The van der Waals surface area contributed by atoms with E-state index in [2.05, 4.69) is 21.2 Å². The standard InChI is InChI=1S/C12H17BrN2O3/c13-10-5-6-11(12(9-10)15(17)18)14-7-3-1-2-4-8-16/h5-6,9,14,16H,1-4,7-8H2. The van der Waals surface area contributed by atoms with Gasteiger partial charge in [0.15, 0.2) is 0 Å². The molecule has 0 unspecified atom stereocenters. The Labute approximate surface area is 114 Å². The molecule has 0 saturated heterocycles. The van der Waals surface area contributed by atoms with Gasteiger partial charge in [0.05, 0.1) is 4.92 Å². The lowest BCUT2D eigenvalue weighted by Gasteiger charge is -2.07. The number of benzene rings is 1. The monoisotopic (exact) mass is 316 g/mol. The molecular weight excluding hydrogens is 300 g/mol. The van der Waals surface area contributed by atoms with Crippen LogP contribution < -0.4 is 5.32 Å². The van der Waals surface area contributed by atoms with E-state index >= 15 is 0 Å². The molecule has 2 N–H and O–H groups in total. The highest BCUT2D eigenvalue weighted by Gasteiger charge is 2.13. The van der Waals surface area contributed by atoms with Gasteiger partial charge < -0.3 is 10.4 Å². The average Bonchev–Trinajstić information content (AvgIpc) is 2.35. The summed E-state index contributed by atoms with van der Waals surface area (Å²) in [5, 5.41) is 22.6. The van der Waals surface area contributed by atoms with Gasteiger partial charge in [-0.15, -0.1) is 0 Å². The SMILES string of the molecule is O=[N+]([O-])c1cc(Br)ccc1NCCCCCCO. The fraction of sp³-hybridized carbons (Fsp3) is 0.500. The van der Waals surface area contributed by atoms with Gasteiger partial charge in [0.25, 0.3) is 5.69 Å². The van der Waals surface area contributed by atoms with Crippen LogP contribution in [0.5, 0.6) is 0 Å². The summed E-state index contributed by atoms with van der Waals surface area (Å²) in [4.78, 5) is 10.5. The summed E-state index contributed by atoms with van der Waals surface area (Å²) >= 11 is 3.22. The number of hydrogen-bond acceptors (Lipinski definition) is 4. The number of unbranched alkanes of at least 4 members (excludes halogenated alkanes) is 3. The number of rotatable bonds is 8. The smallest absolute Gasteiger partial charge is 0.293 e. The average molecular weight is 317 g/mol. The van der Waals surface area contributed by atoms with E-state index in [1.54, 1.807) is 12.1 Å². The highest BCUT2D eigenvalue weighted by Crippen LogP contribution is 2.27. The predicted molar refractivity (Wildman–Crippen MR) is 74.8 cm³/mol. The minimum absolute atomic E-state index is 0.0831. The van der Waals surface area contributed by atoms with E-state index in [1.165, 1.54) is 6.07 Å². The van der Waals surface area contributed by atoms with Crippen molar-refractivity contribution < 1.29 is 10.0 Å². The number of nitro groups is 1. The van der Waals surface area contributed by atoms with E-state index < -0.39 is 4.92 Å². The molecule has 0 aromatic heterocycles. The molecule has 18 heavy (non-hydrogen) atoms. The first-order valence-electron chi connectivity index (χ1n) is 5.94. The molecule has 6 heteroatoms. The van der Waals surface area contributed by atoms with Gasteiger partial charge >= 0.3 is 0 Å². The van der Waals surface area contributed by atoms with Crippen molar-refractivity contribution in [3.63, 3.8) is 0 Å². The Kier molecular flexibility index (Phi) is 6.67. The molecule has 0 aliphatic rings. The maximum atomic E-state index is 10.9. The second-order valence-electron chi connectivity index (χ2n) is 3.98. The first-order valence-corrected chi connectivity index (χ1v) is 6.73. The first kappa shape index (κ1) is 14.9. The number of aliphatic hydroxyl groups is 1. The number of anilines is 1. The fourth-order valence-corrected chi connectivity index (χ4v) is 1.97. The van der Waals surface area contributed by atoms with Crippen molar-refractivity contribution in [2.45, 2.75) is 25.7 Å². The Balaban J connectivity index is 2.44. The Morgan fingerprint density at radius 3 is 2.67 bits per heavy atom. The summed E-state index contributed by atoms with van der Waals surface area (Å²) in [6, 6.07) is 4.98. The molecule has 0 fully saturated rings. The van der Waals surface area contributed by atoms with Crippen LogP contribution in [-0.2, 0) is 0 Å². The molecule has 1 aromatic rings. The largest absolute Gasteiger partial charge is 0.396 e. The van der Waals surface area contributed by atoms with Crippen LogP contribution in [0, 0.1) is 10.1 Å². The van der Waals surface area contributed by atoms with E-state index in [1.807, 2.05) is 0 Å². The minimum atomic E-state index is -0.390. The third-order valence-corrected chi connectivity index (χ3v) is 3.05. The van der Waals surface area contributed by atoms with E-state index in [-0.39, 0.29) is 12.3 Å². The van der Waals surface area contributed by atoms with E-state index in [0.29, 0.717) is 16.7 Å². The van der Waals surface area contributed by atoms with Gasteiger partial charge in [0, 0.05) is 23.7 Å². The molecule has 0 amide bonds. The Bertz CT molecular complexity index is 399. The third-order valence-electron chi connectivity index (χ3n) is 2.56. The highest BCUT2D eigenvalue weighted by molar-refractivity contribution is 9.10. The summed E-state index contributed by atoms with van der Waals surface area (Å²) in [6.07, 6.45) is 3.75. The first-order chi connectivity index (χ1) is 8.65. The molecule has 1 rings (SSSR count). The fourth-order valence-electron chi connectivity index (χ4n) is 1.62. The second kappa shape index (κ2) is 8.05. The maximum absolute atomic E-state index is 10.9. The molecule has 5 nitrogen and oxygen atoms in total. The molecule has 0 aliphatic carbocycles. The van der Waals surface area contributed by atoms with Crippen molar-refractivity contribution in [2.24, 2.45) is 0 Å². The van der Waals surface area contributed by atoms with Gasteiger partial charge in [-0.3, -0.25) is 10.1 Å². The van der Waals surface area contributed by atoms with Crippen molar-refractivity contribution in [1.82, 2.24) is 0 Å². The molecule has 1 aromatic carbocycles. The second-order valence-corrected chi connectivity index (χ2v) is 4.90. The summed E-state index contributed by atoms with van der Waals surface area (Å²) < 4.78 is 0.697. The molecule has 0 saturated carbocycles. The van der Waals surface area contributed by atoms with Crippen LogP contribution in [0.15, 0.2) is 22.7 Å². The van der Waals surface area contributed by atoms with Crippen LogP contribution in [0.3, 0.4) is 0 Å². The normalized spacial score (nSPS) is 10.3.